The average molecular weight is 272 g/mol. The standard InChI is InChI=1S/C14H33NSi2/c1-8-13-15-14(16(6,7)9-2)17(10-3,11-4)12-5/h9,14-15H,2,8,10-13H2,1,3-7H3. The highest BCUT2D eigenvalue weighted by Crippen LogP contribution is 2.30. The summed E-state index contributed by atoms with van der Waals surface area (Å²) >= 11 is 0. The number of hydrogen-bond donors (Lipinski definition) is 1. The Morgan fingerprint density at radius 2 is 1.53 bits per heavy atom. The van der Waals surface area contributed by atoms with Crippen molar-refractivity contribution in [2.75, 3.05) is 6.54 Å². The van der Waals surface area contributed by atoms with Gasteiger partial charge in [0.2, 0.25) is 0 Å². The zero-order chi connectivity index (χ0) is 13.5. The molecule has 3 heteroatoms. The van der Waals surface area contributed by atoms with E-state index in [9.17, 15) is 0 Å². The molecule has 0 rings (SSSR count). The summed E-state index contributed by atoms with van der Waals surface area (Å²) in [6, 6.07) is 4.23. The molecule has 0 aliphatic carbocycles. The molecule has 0 radical (unpaired) electrons. The Bertz CT molecular complexity index is 214. The molecule has 0 aromatic heterocycles. The summed E-state index contributed by atoms with van der Waals surface area (Å²) in [7, 11) is -2.49. The molecule has 0 aromatic carbocycles. The second kappa shape index (κ2) is 7.54. The lowest BCUT2D eigenvalue weighted by Crippen LogP contribution is -2.65. The number of rotatable bonds is 9. The molecule has 0 amide bonds. The van der Waals surface area contributed by atoms with Crippen LogP contribution in [0.4, 0.5) is 0 Å². The zero-order valence-corrected chi connectivity index (χ0v) is 14.9. The van der Waals surface area contributed by atoms with E-state index in [-0.39, 0.29) is 0 Å². The van der Waals surface area contributed by atoms with Gasteiger partial charge in [0.15, 0.2) is 0 Å². The summed E-state index contributed by atoms with van der Waals surface area (Å²) in [5, 5.41) is 4.71. The predicted molar refractivity (Wildman–Crippen MR) is 87.0 cm³/mol. The molecule has 1 unspecified atom stereocenters. The normalized spacial score (nSPS) is 14.7. The molecule has 0 bridgehead atoms. The molecule has 1 atom stereocenters. The van der Waals surface area contributed by atoms with Crippen LogP contribution >= 0.6 is 0 Å². The first-order chi connectivity index (χ1) is 7.94. The first-order valence-electron chi connectivity index (χ1n) is 7.31. The molecule has 0 aromatic rings. The third-order valence-corrected chi connectivity index (χ3v) is 17.1. The summed E-state index contributed by atoms with van der Waals surface area (Å²) in [5.41, 5.74) is 2.29. The van der Waals surface area contributed by atoms with Gasteiger partial charge < -0.3 is 5.32 Å². The first-order valence-corrected chi connectivity index (χ1v) is 13.2. The molecule has 0 heterocycles. The van der Waals surface area contributed by atoms with Crippen LogP contribution in [0.5, 0.6) is 0 Å². The van der Waals surface area contributed by atoms with Crippen molar-refractivity contribution in [3.05, 3.63) is 12.3 Å². The van der Waals surface area contributed by atoms with Crippen LogP contribution in [-0.4, -0.2) is 28.0 Å². The van der Waals surface area contributed by atoms with Gasteiger partial charge in [0, 0.05) is 0 Å². The molecule has 102 valence electrons. The van der Waals surface area contributed by atoms with E-state index in [1.807, 2.05) is 0 Å². The molecule has 0 aliphatic heterocycles. The molecule has 0 saturated heterocycles. The largest absolute Gasteiger partial charge is 0.319 e. The van der Waals surface area contributed by atoms with E-state index in [4.69, 9.17) is 0 Å². The van der Waals surface area contributed by atoms with Crippen molar-refractivity contribution in [1.82, 2.24) is 5.32 Å². The molecule has 1 N–H and O–H groups in total. The van der Waals surface area contributed by atoms with Gasteiger partial charge in [-0.1, -0.05) is 58.9 Å². The van der Waals surface area contributed by atoms with Crippen LogP contribution in [0.25, 0.3) is 0 Å². The van der Waals surface area contributed by atoms with Gasteiger partial charge in [0.1, 0.15) is 0 Å². The van der Waals surface area contributed by atoms with Crippen molar-refractivity contribution in [3.63, 3.8) is 0 Å². The van der Waals surface area contributed by atoms with E-state index in [0.29, 0.717) is 0 Å². The van der Waals surface area contributed by atoms with Crippen molar-refractivity contribution >= 4 is 16.1 Å². The summed E-state index contributed by atoms with van der Waals surface area (Å²) in [5.74, 6) is 0. The number of hydrogen-bond acceptors (Lipinski definition) is 1. The molecular formula is C14H33NSi2. The minimum Gasteiger partial charge on any atom is -0.319 e. The lowest BCUT2D eigenvalue weighted by Gasteiger charge is -2.45. The fraction of sp³-hybridized carbons (Fsp3) is 0.857. The molecule has 0 aliphatic rings. The van der Waals surface area contributed by atoms with Gasteiger partial charge in [-0.05, 0) is 18.3 Å². The Labute approximate surface area is 111 Å². The topological polar surface area (TPSA) is 12.0 Å². The third kappa shape index (κ3) is 4.07. The van der Waals surface area contributed by atoms with Gasteiger partial charge in [-0.25, -0.2) is 0 Å². The minimum atomic E-state index is -1.33. The van der Waals surface area contributed by atoms with E-state index in [0.717, 1.165) is 5.29 Å². The van der Waals surface area contributed by atoms with E-state index in [1.54, 1.807) is 0 Å². The Morgan fingerprint density at radius 1 is 1.06 bits per heavy atom. The summed E-state index contributed by atoms with van der Waals surface area (Å²) in [4.78, 5) is 0. The van der Waals surface area contributed by atoms with Gasteiger partial charge in [-0.15, -0.1) is 12.3 Å². The van der Waals surface area contributed by atoms with E-state index >= 15 is 0 Å². The highest BCUT2D eigenvalue weighted by Gasteiger charge is 2.44. The van der Waals surface area contributed by atoms with Crippen LogP contribution < -0.4 is 5.32 Å². The van der Waals surface area contributed by atoms with Gasteiger partial charge in [0.05, 0.1) is 16.1 Å². The first kappa shape index (κ1) is 17.1. The summed E-state index contributed by atoms with van der Waals surface area (Å²) < 4.78 is 0. The van der Waals surface area contributed by atoms with Crippen LogP contribution in [0.1, 0.15) is 34.1 Å². The van der Waals surface area contributed by atoms with Crippen molar-refractivity contribution in [2.45, 2.75) is 70.6 Å². The summed E-state index contributed by atoms with van der Waals surface area (Å²) in [6.45, 7) is 19.8. The smallest absolute Gasteiger partial charge is 0.0855 e. The molecule has 0 fully saturated rings. The maximum Gasteiger partial charge on any atom is 0.0855 e. The van der Waals surface area contributed by atoms with Crippen molar-refractivity contribution in [2.24, 2.45) is 0 Å². The highest BCUT2D eigenvalue weighted by atomic mass is 28.4. The van der Waals surface area contributed by atoms with Gasteiger partial charge in [-0.3, -0.25) is 0 Å². The zero-order valence-electron chi connectivity index (χ0n) is 12.9. The van der Waals surface area contributed by atoms with Gasteiger partial charge >= 0.3 is 0 Å². The van der Waals surface area contributed by atoms with Gasteiger partial charge in [0.25, 0.3) is 0 Å². The lowest BCUT2D eigenvalue weighted by atomic mass is 10.5. The second-order valence-corrected chi connectivity index (χ2v) is 16.5. The average Bonchev–Trinajstić information content (AvgIpc) is 2.35. The molecule has 17 heavy (non-hydrogen) atoms. The van der Waals surface area contributed by atoms with E-state index in [1.165, 1.54) is 31.1 Å². The summed E-state index contributed by atoms with van der Waals surface area (Å²) in [6.07, 6.45) is 1.24. The number of nitrogens with one attached hydrogen (secondary N) is 1. The van der Waals surface area contributed by atoms with Crippen LogP contribution in [0, 0.1) is 0 Å². The molecule has 0 saturated carbocycles. The predicted octanol–water partition coefficient (Wildman–Crippen LogP) is 4.38. The Morgan fingerprint density at radius 3 is 1.82 bits per heavy atom. The lowest BCUT2D eigenvalue weighted by molar-refractivity contribution is 0.691. The van der Waals surface area contributed by atoms with Gasteiger partial charge in [-0.2, -0.15) is 0 Å². The minimum absolute atomic E-state index is 0.799. The van der Waals surface area contributed by atoms with Crippen LogP contribution in [-0.2, 0) is 0 Å². The Balaban J connectivity index is 5.19. The Kier molecular flexibility index (Phi) is 7.60. The fourth-order valence-corrected chi connectivity index (χ4v) is 15.7. The van der Waals surface area contributed by atoms with Crippen molar-refractivity contribution < 1.29 is 0 Å². The SMILES string of the molecule is C=C[Si](C)(C)C(NCCC)[Si](CC)(CC)CC. The van der Waals surface area contributed by atoms with E-state index in [2.05, 4.69) is 58.4 Å². The van der Waals surface area contributed by atoms with E-state index < -0.39 is 16.1 Å². The van der Waals surface area contributed by atoms with Crippen molar-refractivity contribution in [1.29, 1.82) is 0 Å². The van der Waals surface area contributed by atoms with Crippen LogP contribution in [0.2, 0.25) is 31.2 Å². The van der Waals surface area contributed by atoms with Crippen LogP contribution in [0.15, 0.2) is 12.3 Å². The molecule has 1 nitrogen and oxygen atoms in total. The maximum absolute atomic E-state index is 4.12. The third-order valence-electron chi connectivity index (χ3n) is 4.59. The quantitative estimate of drug-likeness (QED) is 0.614. The maximum atomic E-state index is 4.12. The molecular weight excluding hydrogens is 238 g/mol. The molecule has 0 spiro atoms. The highest BCUT2D eigenvalue weighted by molar-refractivity contribution is 7.00. The second-order valence-electron chi connectivity index (χ2n) is 5.84. The Hall–Kier alpha value is 0.134. The fourth-order valence-electron chi connectivity index (χ4n) is 3.04. The monoisotopic (exact) mass is 271 g/mol. The van der Waals surface area contributed by atoms with Crippen molar-refractivity contribution in [3.8, 4) is 0 Å². The van der Waals surface area contributed by atoms with Crippen LogP contribution in [0.3, 0.4) is 0 Å².